The largest absolute Gasteiger partial charge is 0.490 e. The molecule has 2 aliphatic rings. The lowest BCUT2D eigenvalue weighted by molar-refractivity contribution is -0.133. The SMILES string of the molecule is CCOc1cccc2c1OCCOCCN(C(=O)CCn1ccnc1)C[C@@H]1CCCN1C2. The highest BCUT2D eigenvalue weighted by molar-refractivity contribution is 5.76. The Bertz CT molecular complexity index is 858. The first kappa shape index (κ1) is 22.6. The molecule has 174 valence electrons. The van der Waals surface area contributed by atoms with Crippen LogP contribution in [0, 0.1) is 0 Å². The van der Waals surface area contributed by atoms with E-state index in [-0.39, 0.29) is 5.91 Å². The van der Waals surface area contributed by atoms with E-state index in [1.165, 1.54) is 0 Å². The normalized spacial score (nSPS) is 20.3. The van der Waals surface area contributed by atoms with Crippen LogP contribution in [0.2, 0.25) is 0 Å². The van der Waals surface area contributed by atoms with Gasteiger partial charge in [-0.05, 0) is 32.4 Å². The van der Waals surface area contributed by atoms with Gasteiger partial charge in [-0.1, -0.05) is 12.1 Å². The van der Waals surface area contributed by atoms with Crippen molar-refractivity contribution in [2.75, 3.05) is 46.1 Å². The summed E-state index contributed by atoms with van der Waals surface area (Å²) in [4.78, 5) is 21.6. The van der Waals surface area contributed by atoms with E-state index in [0.29, 0.717) is 52.0 Å². The van der Waals surface area contributed by atoms with Crippen LogP contribution in [0.4, 0.5) is 0 Å². The molecule has 8 heteroatoms. The van der Waals surface area contributed by atoms with Crippen LogP contribution >= 0.6 is 0 Å². The molecule has 1 aromatic heterocycles. The standard InChI is InChI=1S/C24H34N4O4/c1-2-31-22-7-3-5-20-17-27-10-4-6-21(27)18-28(13-14-30-15-16-32-24(20)22)23(29)8-11-26-12-9-25-19-26/h3,5,7,9,12,19,21H,2,4,6,8,10-11,13-18H2,1H3/t21-/m0/s1. The molecule has 0 unspecified atom stereocenters. The highest BCUT2D eigenvalue weighted by Gasteiger charge is 2.29. The van der Waals surface area contributed by atoms with Crippen LogP contribution < -0.4 is 9.47 Å². The molecular weight excluding hydrogens is 408 g/mol. The molecule has 1 saturated heterocycles. The molecule has 4 rings (SSSR count). The number of benzene rings is 1. The third-order valence-corrected chi connectivity index (χ3v) is 6.14. The first-order chi connectivity index (χ1) is 15.7. The van der Waals surface area contributed by atoms with Crippen LogP contribution in [0.3, 0.4) is 0 Å². The fraction of sp³-hybridized carbons (Fsp3) is 0.583. The molecule has 0 N–H and O–H groups in total. The Labute approximate surface area is 190 Å². The highest BCUT2D eigenvalue weighted by atomic mass is 16.5. The number of para-hydroxylation sites is 1. The Morgan fingerprint density at radius 3 is 3.03 bits per heavy atom. The monoisotopic (exact) mass is 442 g/mol. The minimum absolute atomic E-state index is 0.166. The number of nitrogens with zero attached hydrogens (tertiary/aromatic N) is 4. The molecule has 8 nitrogen and oxygen atoms in total. The van der Waals surface area contributed by atoms with Gasteiger partial charge < -0.3 is 23.7 Å². The van der Waals surface area contributed by atoms with Gasteiger partial charge in [0.05, 0.1) is 26.1 Å². The van der Waals surface area contributed by atoms with Crippen molar-refractivity contribution in [3.8, 4) is 11.5 Å². The zero-order valence-electron chi connectivity index (χ0n) is 18.9. The van der Waals surface area contributed by atoms with Crippen molar-refractivity contribution < 1.29 is 19.0 Å². The van der Waals surface area contributed by atoms with Gasteiger partial charge >= 0.3 is 0 Å². The summed E-state index contributed by atoms with van der Waals surface area (Å²) in [5.41, 5.74) is 1.13. The van der Waals surface area contributed by atoms with Crippen molar-refractivity contribution in [1.82, 2.24) is 19.4 Å². The molecule has 1 aromatic carbocycles. The highest BCUT2D eigenvalue weighted by Crippen LogP contribution is 2.34. The second-order valence-electron chi connectivity index (χ2n) is 8.30. The van der Waals surface area contributed by atoms with Gasteiger partial charge in [0.25, 0.3) is 0 Å². The Balaban J connectivity index is 1.49. The number of carbonyl (C=O) groups excluding carboxylic acids is 1. The second-order valence-corrected chi connectivity index (χ2v) is 8.30. The van der Waals surface area contributed by atoms with Gasteiger partial charge in [-0.2, -0.15) is 0 Å². The number of aromatic nitrogens is 2. The van der Waals surface area contributed by atoms with E-state index < -0.39 is 0 Å². The zero-order chi connectivity index (χ0) is 22.2. The molecule has 3 heterocycles. The first-order valence-corrected chi connectivity index (χ1v) is 11.7. The smallest absolute Gasteiger partial charge is 0.224 e. The predicted octanol–water partition coefficient (Wildman–Crippen LogP) is 2.57. The molecule has 32 heavy (non-hydrogen) atoms. The number of imidazole rings is 1. The fourth-order valence-corrected chi connectivity index (χ4v) is 4.50. The molecule has 0 spiro atoms. The van der Waals surface area contributed by atoms with Gasteiger partial charge in [-0.25, -0.2) is 4.98 Å². The van der Waals surface area contributed by atoms with Crippen LogP contribution in [0.5, 0.6) is 11.5 Å². The fourth-order valence-electron chi connectivity index (χ4n) is 4.50. The molecule has 2 aliphatic heterocycles. The van der Waals surface area contributed by atoms with Gasteiger partial charge in [0.2, 0.25) is 5.91 Å². The van der Waals surface area contributed by atoms with E-state index in [0.717, 1.165) is 49.5 Å². The molecule has 0 radical (unpaired) electrons. The number of ether oxygens (including phenoxy) is 3. The van der Waals surface area contributed by atoms with Crippen molar-refractivity contribution in [1.29, 1.82) is 0 Å². The summed E-state index contributed by atoms with van der Waals surface area (Å²) in [5.74, 6) is 1.77. The van der Waals surface area contributed by atoms with Crippen molar-refractivity contribution >= 4 is 5.91 Å². The van der Waals surface area contributed by atoms with Crippen molar-refractivity contribution in [2.24, 2.45) is 0 Å². The Morgan fingerprint density at radius 2 is 2.19 bits per heavy atom. The maximum absolute atomic E-state index is 13.1. The molecular formula is C24H34N4O4. The summed E-state index contributed by atoms with van der Waals surface area (Å²) in [6.45, 7) is 7.81. The third kappa shape index (κ3) is 5.81. The maximum atomic E-state index is 13.1. The number of carbonyl (C=O) groups is 1. The van der Waals surface area contributed by atoms with E-state index in [1.807, 2.05) is 34.7 Å². The van der Waals surface area contributed by atoms with Crippen molar-refractivity contribution in [3.63, 3.8) is 0 Å². The maximum Gasteiger partial charge on any atom is 0.224 e. The average molecular weight is 443 g/mol. The number of amides is 1. The van der Waals surface area contributed by atoms with Crippen LogP contribution in [-0.2, 0) is 22.6 Å². The third-order valence-electron chi connectivity index (χ3n) is 6.14. The van der Waals surface area contributed by atoms with Crippen LogP contribution in [-0.4, -0.2) is 77.4 Å². The second kappa shape index (κ2) is 11.3. The summed E-state index contributed by atoms with van der Waals surface area (Å²) in [6.07, 6.45) is 8.08. The lowest BCUT2D eigenvalue weighted by atomic mass is 10.1. The molecule has 0 aliphatic carbocycles. The van der Waals surface area contributed by atoms with Gasteiger partial charge in [0.1, 0.15) is 6.61 Å². The summed E-state index contributed by atoms with van der Waals surface area (Å²) in [5, 5.41) is 0. The quantitative estimate of drug-likeness (QED) is 0.709. The Hall–Kier alpha value is -2.58. The Morgan fingerprint density at radius 1 is 1.25 bits per heavy atom. The first-order valence-electron chi connectivity index (χ1n) is 11.7. The molecule has 0 saturated carbocycles. The van der Waals surface area contributed by atoms with E-state index in [1.54, 1.807) is 12.5 Å². The summed E-state index contributed by atoms with van der Waals surface area (Å²) in [6, 6.07) is 6.43. The number of hydrogen-bond acceptors (Lipinski definition) is 6. The summed E-state index contributed by atoms with van der Waals surface area (Å²) in [7, 11) is 0. The van der Waals surface area contributed by atoms with E-state index in [4.69, 9.17) is 14.2 Å². The summed E-state index contributed by atoms with van der Waals surface area (Å²) >= 11 is 0. The lowest BCUT2D eigenvalue weighted by Crippen LogP contribution is -2.44. The van der Waals surface area contributed by atoms with E-state index >= 15 is 0 Å². The molecule has 1 amide bonds. The van der Waals surface area contributed by atoms with Crippen LogP contribution in [0.1, 0.15) is 31.7 Å². The number of hydrogen-bond donors (Lipinski definition) is 0. The van der Waals surface area contributed by atoms with Crippen molar-refractivity contribution in [3.05, 3.63) is 42.5 Å². The summed E-state index contributed by atoms with van der Waals surface area (Å²) < 4.78 is 19.7. The van der Waals surface area contributed by atoms with Gasteiger partial charge in [0, 0.05) is 56.6 Å². The van der Waals surface area contributed by atoms with Gasteiger partial charge in [-0.3, -0.25) is 9.69 Å². The molecule has 1 fully saturated rings. The molecule has 1 atom stereocenters. The van der Waals surface area contributed by atoms with Gasteiger partial charge in [0.15, 0.2) is 11.5 Å². The number of aryl methyl sites for hydroxylation is 1. The zero-order valence-corrected chi connectivity index (χ0v) is 18.9. The Kier molecular flexibility index (Phi) is 8.01. The predicted molar refractivity (Wildman–Crippen MR) is 121 cm³/mol. The van der Waals surface area contributed by atoms with E-state index in [2.05, 4.69) is 16.0 Å². The topological polar surface area (TPSA) is 69.1 Å². The van der Waals surface area contributed by atoms with Gasteiger partial charge in [-0.15, -0.1) is 0 Å². The minimum Gasteiger partial charge on any atom is -0.490 e. The van der Waals surface area contributed by atoms with Crippen molar-refractivity contribution in [2.45, 2.75) is 45.3 Å². The average Bonchev–Trinajstić information content (AvgIpc) is 3.47. The van der Waals surface area contributed by atoms with Crippen LogP contribution in [0.25, 0.3) is 0 Å². The number of rotatable bonds is 5. The lowest BCUT2D eigenvalue weighted by Gasteiger charge is -2.31. The minimum atomic E-state index is 0.166. The molecule has 2 aromatic rings. The van der Waals surface area contributed by atoms with Crippen LogP contribution in [0.15, 0.2) is 36.9 Å². The number of fused-ring (bicyclic) bond motifs is 2. The van der Waals surface area contributed by atoms with E-state index in [9.17, 15) is 4.79 Å². The molecule has 0 bridgehead atoms.